The summed E-state index contributed by atoms with van der Waals surface area (Å²) >= 11 is 0. The van der Waals surface area contributed by atoms with Crippen LogP contribution in [0.5, 0.6) is 11.5 Å². The Hall–Kier alpha value is -3.58. The molecule has 3 rings (SSSR count). The van der Waals surface area contributed by atoms with E-state index in [9.17, 15) is 14.7 Å². The average molecular weight is 507 g/mol. The summed E-state index contributed by atoms with van der Waals surface area (Å²) in [4.78, 5) is 30.3. The molecule has 1 aliphatic rings. The molecule has 0 saturated carbocycles. The van der Waals surface area contributed by atoms with Gasteiger partial charge in [0.2, 0.25) is 0 Å². The van der Waals surface area contributed by atoms with E-state index in [4.69, 9.17) is 9.47 Å². The first-order valence-electron chi connectivity index (χ1n) is 12.8. The molecule has 1 fully saturated rings. The lowest BCUT2D eigenvalue weighted by Gasteiger charge is -2.28. The van der Waals surface area contributed by atoms with Crippen molar-refractivity contribution in [2.45, 2.75) is 46.8 Å². The average Bonchev–Trinajstić information content (AvgIpc) is 3.14. The molecule has 1 aliphatic heterocycles. The Kier molecular flexibility index (Phi) is 9.53. The number of carbonyl (C=O) groups is 2. The van der Waals surface area contributed by atoms with Crippen LogP contribution < -0.4 is 9.47 Å². The van der Waals surface area contributed by atoms with Gasteiger partial charge in [-0.1, -0.05) is 38.6 Å². The standard InChI is InChI=1S/C30H38N2O5/c1-7-18-36-24-13-10-22(11-14-24)27-26(29(34)30(35)32(27)17-16-31(8-2)9-3)28(33)23-12-15-25(21(6)19-23)37-20(4)5/h7,10-15,19-20,27,33H,1,8-9,16-18H2,2-6H3. The Morgan fingerprint density at radius 1 is 1.14 bits per heavy atom. The number of hydrogen-bond acceptors (Lipinski definition) is 6. The molecule has 0 radical (unpaired) electrons. The molecule has 1 N–H and O–H groups in total. The summed E-state index contributed by atoms with van der Waals surface area (Å²) in [7, 11) is 0. The zero-order chi connectivity index (χ0) is 27.1. The van der Waals surface area contributed by atoms with Crippen molar-refractivity contribution in [3.63, 3.8) is 0 Å². The molecule has 7 heteroatoms. The predicted octanol–water partition coefficient (Wildman–Crippen LogP) is 5.11. The number of Topliss-reactive ketones (excluding diaryl/α,β-unsaturated/α-hetero) is 1. The van der Waals surface area contributed by atoms with Crippen LogP contribution in [0.25, 0.3) is 5.76 Å². The maximum atomic E-state index is 13.3. The second-order valence-electron chi connectivity index (χ2n) is 9.33. The summed E-state index contributed by atoms with van der Waals surface area (Å²) < 4.78 is 11.4. The van der Waals surface area contributed by atoms with Gasteiger partial charge in [-0.15, -0.1) is 0 Å². The summed E-state index contributed by atoms with van der Waals surface area (Å²) in [6.45, 7) is 16.6. The highest BCUT2D eigenvalue weighted by Crippen LogP contribution is 2.40. The van der Waals surface area contributed by atoms with Crippen LogP contribution in [-0.2, 0) is 9.59 Å². The first-order chi connectivity index (χ1) is 17.7. The number of amides is 1. The van der Waals surface area contributed by atoms with Gasteiger partial charge in [0.05, 0.1) is 17.7 Å². The molecule has 0 bridgehead atoms. The highest BCUT2D eigenvalue weighted by atomic mass is 16.5. The van der Waals surface area contributed by atoms with Crippen LogP contribution in [0.4, 0.5) is 0 Å². The van der Waals surface area contributed by atoms with Gasteiger partial charge in [0.25, 0.3) is 11.7 Å². The highest BCUT2D eigenvalue weighted by molar-refractivity contribution is 6.46. The number of ether oxygens (including phenoxy) is 2. The number of carbonyl (C=O) groups excluding carboxylic acids is 2. The lowest BCUT2D eigenvalue weighted by Crippen LogP contribution is -2.38. The van der Waals surface area contributed by atoms with Gasteiger partial charge in [-0.05, 0) is 75.3 Å². The zero-order valence-corrected chi connectivity index (χ0v) is 22.5. The van der Waals surface area contributed by atoms with Crippen LogP contribution in [0.2, 0.25) is 0 Å². The number of aliphatic hydroxyl groups is 1. The van der Waals surface area contributed by atoms with Crippen LogP contribution in [-0.4, -0.2) is 65.5 Å². The number of rotatable bonds is 12. The minimum atomic E-state index is -0.712. The van der Waals surface area contributed by atoms with E-state index >= 15 is 0 Å². The lowest BCUT2D eigenvalue weighted by atomic mass is 9.94. The summed E-state index contributed by atoms with van der Waals surface area (Å²) in [6.07, 6.45) is 1.67. The SMILES string of the molecule is C=CCOc1ccc(C2C(=C(O)c3ccc(OC(C)C)c(C)c3)C(=O)C(=O)N2CCN(CC)CC)cc1. The topological polar surface area (TPSA) is 79.3 Å². The third-order valence-electron chi connectivity index (χ3n) is 6.47. The van der Waals surface area contributed by atoms with Crippen molar-refractivity contribution in [1.82, 2.24) is 9.80 Å². The first-order valence-corrected chi connectivity index (χ1v) is 12.8. The van der Waals surface area contributed by atoms with Crippen molar-refractivity contribution in [1.29, 1.82) is 0 Å². The molecule has 0 aliphatic carbocycles. The van der Waals surface area contributed by atoms with Crippen molar-refractivity contribution < 1.29 is 24.2 Å². The van der Waals surface area contributed by atoms with Crippen molar-refractivity contribution >= 4 is 17.4 Å². The molecule has 0 spiro atoms. The Bertz CT molecular complexity index is 1150. The number of aliphatic hydroxyl groups excluding tert-OH is 1. The second-order valence-corrected chi connectivity index (χ2v) is 9.33. The predicted molar refractivity (Wildman–Crippen MR) is 146 cm³/mol. The minimum absolute atomic E-state index is 0.00714. The number of hydrogen-bond donors (Lipinski definition) is 1. The summed E-state index contributed by atoms with van der Waals surface area (Å²) in [5, 5.41) is 11.4. The molecule has 0 aromatic heterocycles. The van der Waals surface area contributed by atoms with Gasteiger partial charge in [0.15, 0.2) is 0 Å². The van der Waals surface area contributed by atoms with Gasteiger partial charge < -0.3 is 24.4 Å². The summed E-state index contributed by atoms with van der Waals surface area (Å²) in [6, 6.07) is 11.8. The van der Waals surface area contributed by atoms with Crippen molar-refractivity contribution in [3.8, 4) is 11.5 Å². The van der Waals surface area contributed by atoms with Crippen LogP contribution >= 0.6 is 0 Å². The molecule has 1 atom stereocenters. The monoisotopic (exact) mass is 506 g/mol. The van der Waals surface area contributed by atoms with Gasteiger partial charge in [0, 0.05) is 18.7 Å². The molecule has 1 amide bonds. The normalized spacial score (nSPS) is 17.1. The van der Waals surface area contributed by atoms with E-state index in [1.54, 1.807) is 41.3 Å². The number of benzene rings is 2. The smallest absolute Gasteiger partial charge is 0.295 e. The van der Waals surface area contributed by atoms with Gasteiger partial charge >= 0.3 is 0 Å². The molecule has 37 heavy (non-hydrogen) atoms. The Morgan fingerprint density at radius 2 is 1.81 bits per heavy atom. The second kappa shape index (κ2) is 12.6. The maximum Gasteiger partial charge on any atom is 0.295 e. The van der Waals surface area contributed by atoms with Crippen molar-refractivity contribution in [2.24, 2.45) is 0 Å². The number of nitrogens with zero attached hydrogens (tertiary/aromatic N) is 2. The van der Waals surface area contributed by atoms with Crippen LogP contribution in [0.15, 0.2) is 60.7 Å². The molecule has 7 nitrogen and oxygen atoms in total. The van der Waals surface area contributed by atoms with Crippen LogP contribution in [0.3, 0.4) is 0 Å². The van der Waals surface area contributed by atoms with Crippen LogP contribution in [0, 0.1) is 6.92 Å². The van der Waals surface area contributed by atoms with E-state index in [2.05, 4.69) is 25.3 Å². The number of likely N-dealkylation sites (tertiary alicyclic amines) is 1. The van der Waals surface area contributed by atoms with E-state index < -0.39 is 17.7 Å². The van der Waals surface area contributed by atoms with Crippen molar-refractivity contribution in [3.05, 3.63) is 77.4 Å². The fourth-order valence-corrected chi connectivity index (χ4v) is 4.49. The molecule has 1 heterocycles. The summed E-state index contributed by atoms with van der Waals surface area (Å²) in [5.41, 5.74) is 2.10. The number of likely N-dealkylation sites (N-methyl/N-ethyl adjacent to an activating group) is 1. The van der Waals surface area contributed by atoms with E-state index in [0.29, 0.717) is 36.8 Å². The van der Waals surface area contributed by atoms with Crippen molar-refractivity contribution in [2.75, 3.05) is 32.8 Å². The Balaban J connectivity index is 2.07. The number of ketones is 1. The molecule has 2 aromatic rings. The molecular weight excluding hydrogens is 468 g/mol. The molecular formula is C30H38N2O5. The van der Waals surface area contributed by atoms with E-state index in [0.717, 1.165) is 24.2 Å². The fourth-order valence-electron chi connectivity index (χ4n) is 4.49. The fraction of sp³-hybridized carbons (Fsp3) is 0.400. The molecule has 1 saturated heterocycles. The molecule has 2 aromatic carbocycles. The van der Waals surface area contributed by atoms with E-state index in [-0.39, 0.29) is 17.4 Å². The maximum absolute atomic E-state index is 13.3. The quantitative estimate of drug-likeness (QED) is 0.187. The largest absolute Gasteiger partial charge is 0.507 e. The van der Waals surface area contributed by atoms with Gasteiger partial charge in [-0.2, -0.15) is 0 Å². The lowest BCUT2D eigenvalue weighted by molar-refractivity contribution is -0.140. The third kappa shape index (κ3) is 6.41. The van der Waals surface area contributed by atoms with E-state index in [1.807, 2.05) is 32.9 Å². The summed E-state index contributed by atoms with van der Waals surface area (Å²) in [5.74, 6) is -0.130. The minimum Gasteiger partial charge on any atom is -0.507 e. The molecule has 1 unspecified atom stereocenters. The Labute approximate surface area is 220 Å². The highest BCUT2D eigenvalue weighted by Gasteiger charge is 2.46. The molecule has 198 valence electrons. The number of aryl methyl sites for hydroxylation is 1. The third-order valence-corrected chi connectivity index (χ3v) is 6.47. The van der Waals surface area contributed by atoms with E-state index in [1.165, 1.54) is 0 Å². The zero-order valence-electron chi connectivity index (χ0n) is 22.5. The van der Waals surface area contributed by atoms with Gasteiger partial charge in [-0.3, -0.25) is 9.59 Å². The van der Waals surface area contributed by atoms with Crippen LogP contribution in [0.1, 0.15) is 50.4 Å². The van der Waals surface area contributed by atoms with Gasteiger partial charge in [-0.25, -0.2) is 0 Å². The first kappa shape index (κ1) is 28.0. The van der Waals surface area contributed by atoms with Gasteiger partial charge in [0.1, 0.15) is 23.9 Å². The Morgan fingerprint density at radius 3 is 2.38 bits per heavy atom.